The highest BCUT2D eigenvalue weighted by atomic mass is 32.2. The number of para-hydroxylation sites is 1. The first-order chi connectivity index (χ1) is 16.0. The Morgan fingerprint density at radius 3 is 2.30 bits per heavy atom. The third-order valence-corrected chi connectivity index (χ3v) is 6.66. The molecule has 1 amide bonds. The van der Waals surface area contributed by atoms with Crippen LogP contribution in [0.25, 0.3) is 0 Å². The van der Waals surface area contributed by atoms with E-state index in [1.54, 1.807) is 18.2 Å². The van der Waals surface area contributed by atoms with Crippen molar-refractivity contribution in [2.45, 2.75) is 18.2 Å². The Balaban J connectivity index is 1.72. The van der Waals surface area contributed by atoms with E-state index in [0.29, 0.717) is 24.3 Å². The predicted octanol–water partition coefficient (Wildman–Crippen LogP) is 3.47. The van der Waals surface area contributed by atoms with Gasteiger partial charge >= 0.3 is 0 Å². The number of carbonyl (C=O) groups excluding carboxylic acids is 1. The zero-order chi connectivity index (χ0) is 23.5. The van der Waals surface area contributed by atoms with Gasteiger partial charge in [0.25, 0.3) is 5.91 Å². The first-order valence-corrected chi connectivity index (χ1v) is 12.1. The number of ether oxygens (including phenoxy) is 1. The smallest absolute Gasteiger partial charge is 0.255 e. The molecule has 3 rings (SSSR count). The van der Waals surface area contributed by atoms with Crippen LogP contribution < -0.4 is 10.2 Å². The molecule has 0 aliphatic carbocycles. The lowest BCUT2D eigenvalue weighted by molar-refractivity contribution is -0.121. The van der Waals surface area contributed by atoms with Crippen LogP contribution in [0, 0.1) is 0 Å². The maximum absolute atomic E-state index is 13.2. The number of nitrogens with zero attached hydrogens (tertiary/aromatic N) is 2. The van der Waals surface area contributed by atoms with Gasteiger partial charge in [-0.15, -0.1) is 0 Å². The molecule has 0 radical (unpaired) electrons. The first-order valence-electron chi connectivity index (χ1n) is 10.6. The van der Waals surface area contributed by atoms with Crippen molar-refractivity contribution in [3.05, 3.63) is 96.1 Å². The van der Waals surface area contributed by atoms with E-state index < -0.39 is 15.9 Å². The van der Waals surface area contributed by atoms with E-state index in [1.165, 1.54) is 22.7 Å². The number of amides is 1. The third kappa shape index (κ3) is 7.00. The first kappa shape index (κ1) is 24.2. The zero-order valence-corrected chi connectivity index (χ0v) is 19.2. The van der Waals surface area contributed by atoms with Gasteiger partial charge in [-0.05, 0) is 43.2 Å². The Morgan fingerprint density at radius 1 is 0.970 bits per heavy atom. The SMILES string of the molecule is CCOc1ccccc1/C=N\NC(=O)CN(CCc1ccccc1)S(=O)(=O)c1ccccc1. The fourth-order valence-corrected chi connectivity index (χ4v) is 4.59. The van der Waals surface area contributed by atoms with Gasteiger partial charge in [0.2, 0.25) is 10.0 Å². The summed E-state index contributed by atoms with van der Waals surface area (Å²) in [5.74, 6) is 0.113. The summed E-state index contributed by atoms with van der Waals surface area (Å²) in [6.07, 6.45) is 1.95. The van der Waals surface area contributed by atoms with Crippen molar-refractivity contribution >= 4 is 22.1 Å². The molecule has 1 N–H and O–H groups in total. The van der Waals surface area contributed by atoms with Gasteiger partial charge in [-0.25, -0.2) is 13.8 Å². The number of hydrogen-bond acceptors (Lipinski definition) is 5. The van der Waals surface area contributed by atoms with Gasteiger partial charge in [0, 0.05) is 12.1 Å². The van der Waals surface area contributed by atoms with Gasteiger partial charge in [0.1, 0.15) is 5.75 Å². The van der Waals surface area contributed by atoms with Gasteiger partial charge in [0.15, 0.2) is 0 Å². The molecule has 0 unspecified atom stereocenters. The standard InChI is InChI=1S/C25H27N3O4S/c1-2-32-24-16-10-9-13-22(24)19-26-27-25(29)20-28(18-17-21-11-5-3-6-12-21)33(30,31)23-14-7-4-8-15-23/h3-16,19H,2,17-18,20H2,1H3,(H,27,29)/b26-19-. The Labute approximate surface area is 194 Å². The summed E-state index contributed by atoms with van der Waals surface area (Å²) in [5, 5.41) is 3.98. The summed E-state index contributed by atoms with van der Waals surface area (Å²) in [6.45, 7) is 2.19. The lowest BCUT2D eigenvalue weighted by Crippen LogP contribution is -2.40. The maximum atomic E-state index is 13.2. The predicted molar refractivity (Wildman–Crippen MR) is 129 cm³/mol. The minimum absolute atomic E-state index is 0.139. The molecule has 0 spiro atoms. The van der Waals surface area contributed by atoms with E-state index in [9.17, 15) is 13.2 Å². The maximum Gasteiger partial charge on any atom is 0.255 e. The number of hydrogen-bond donors (Lipinski definition) is 1. The van der Waals surface area contributed by atoms with Crippen molar-refractivity contribution in [2.75, 3.05) is 19.7 Å². The molecule has 172 valence electrons. The molecule has 0 aromatic heterocycles. The molecule has 0 heterocycles. The molecule has 0 fully saturated rings. The zero-order valence-electron chi connectivity index (χ0n) is 18.4. The van der Waals surface area contributed by atoms with E-state index in [4.69, 9.17) is 4.74 Å². The van der Waals surface area contributed by atoms with Crippen molar-refractivity contribution in [1.82, 2.24) is 9.73 Å². The van der Waals surface area contributed by atoms with E-state index in [0.717, 1.165) is 5.56 Å². The van der Waals surface area contributed by atoms with Crippen LogP contribution >= 0.6 is 0 Å². The average Bonchev–Trinajstić information content (AvgIpc) is 2.84. The summed E-state index contributed by atoms with van der Waals surface area (Å²) < 4.78 is 33.1. The topological polar surface area (TPSA) is 88.1 Å². The second kappa shape index (κ2) is 11.9. The van der Waals surface area contributed by atoms with Crippen LogP contribution in [0.15, 0.2) is 94.9 Å². The highest BCUT2D eigenvalue weighted by molar-refractivity contribution is 7.89. The van der Waals surface area contributed by atoms with E-state index in [2.05, 4.69) is 10.5 Å². The molecule has 0 bridgehead atoms. The molecule has 0 saturated heterocycles. The van der Waals surface area contributed by atoms with Crippen molar-refractivity contribution in [1.29, 1.82) is 0 Å². The van der Waals surface area contributed by atoms with Crippen molar-refractivity contribution in [3.63, 3.8) is 0 Å². The van der Waals surface area contributed by atoms with Gasteiger partial charge < -0.3 is 4.74 Å². The molecule has 0 aliphatic rings. The fraction of sp³-hybridized carbons (Fsp3) is 0.200. The Kier molecular flexibility index (Phi) is 8.74. The van der Waals surface area contributed by atoms with Crippen LogP contribution in [0.3, 0.4) is 0 Å². The molecule has 3 aromatic rings. The molecular formula is C25H27N3O4S. The van der Waals surface area contributed by atoms with Crippen molar-refractivity contribution in [3.8, 4) is 5.75 Å². The molecular weight excluding hydrogens is 438 g/mol. The molecule has 8 heteroatoms. The van der Waals surface area contributed by atoms with E-state index >= 15 is 0 Å². The second-order valence-corrected chi connectivity index (χ2v) is 9.09. The Morgan fingerprint density at radius 2 is 1.61 bits per heavy atom. The highest BCUT2D eigenvalue weighted by Crippen LogP contribution is 2.17. The highest BCUT2D eigenvalue weighted by Gasteiger charge is 2.26. The van der Waals surface area contributed by atoms with Crippen molar-refractivity contribution < 1.29 is 17.9 Å². The van der Waals surface area contributed by atoms with E-state index in [-0.39, 0.29) is 18.0 Å². The molecule has 0 aliphatic heterocycles. The lowest BCUT2D eigenvalue weighted by atomic mass is 10.1. The molecule has 7 nitrogen and oxygen atoms in total. The largest absolute Gasteiger partial charge is 0.493 e. The summed E-state index contributed by atoms with van der Waals surface area (Å²) >= 11 is 0. The van der Waals surface area contributed by atoms with Crippen LogP contribution in [-0.2, 0) is 21.2 Å². The number of benzene rings is 3. The van der Waals surface area contributed by atoms with Crippen LogP contribution in [0.5, 0.6) is 5.75 Å². The number of sulfonamides is 1. The molecule has 0 saturated carbocycles. The van der Waals surface area contributed by atoms with Crippen LogP contribution in [-0.4, -0.2) is 44.5 Å². The Bertz CT molecular complexity index is 1170. The van der Waals surface area contributed by atoms with Crippen LogP contribution in [0.4, 0.5) is 0 Å². The second-order valence-electron chi connectivity index (χ2n) is 7.15. The third-order valence-electron chi connectivity index (χ3n) is 4.81. The normalized spacial score (nSPS) is 11.6. The van der Waals surface area contributed by atoms with Gasteiger partial charge in [-0.3, -0.25) is 4.79 Å². The number of carbonyl (C=O) groups is 1. The number of rotatable bonds is 11. The monoisotopic (exact) mass is 465 g/mol. The summed E-state index contributed by atoms with van der Waals surface area (Å²) in [7, 11) is -3.86. The molecule has 0 atom stereocenters. The van der Waals surface area contributed by atoms with Gasteiger partial charge in [-0.1, -0.05) is 60.7 Å². The van der Waals surface area contributed by atoms with Gasteiger partial charge in [-0.2, -0.15) is 9.41 Å². The number of nitrogens with one attached hydrogen (secondary N) is 1. The van der Waals surface area contributed by atoms with Crippen molar-refractivity contribution in [2.24, 2.45) is 5.10 Å². The van der Waals surface area contributed by atoms with Crippen LogP contribution in [0.1, 0.15) is 18.1 Å². The Hall–Kier alpha value is -3.49. The summed E-state index contributed by atoms with van der Waals surface area (Å²) in [4.78, 5) is 12.7. The average molecular weight is 466 g/mol. The summed E-state index contributed by atoms with van der Waals surface area (Å²) in [6, 6.07) is 24.9. The minimum atomic E-state index is -3.86. The summed E-state index contributed by atoms with van der Waals surface area (Å²) in [5.41, 5.74) is 4.11. The van der Waals surface area contributed by atoms with Gasteiger partial charge in [0.05, 0.1) is 24.3 Å². The lowest BCUT2D eigenvalue weighted by Gasteiger charge is -2.21. The number of hydrazone groups is 1. The molecule has 33 heavy (non-hydrogen) atoms. The van der Waals surface area contributed by atoms with Crippen LogP contribution in [0.2, 0.25) is 0 Å². The quantitative estimate of drug-likeness (QED) is 0.347. The van der Waals surface area contributed by atoms with E-state index in [1.807, 2.05) is 61.5 Å². The fourth-order valence-electron chi connectivity index (χ4n) is 3.17. The molecule has 3 aromatic carbocycles. The minimum Gasteiger partial charge on any atom is -0.493 e.